The molecule has 1 aromatic heterocycles. The van der Waals surface area contributed by atoms with Gasteiger partial charge in [0.15, 0.2) is 0 Å². The van der Waals surface area contributed by atoms with Crippen LogP contribution in [0.2, 0.25) is 0 Å². The van der Waals surface area contributed by atoms with Crippen molar-refractivity contribution in [3.05, 3.63) is 67.3 Å². The molecule has 19 heavy (non-hydrogen) atoms. The lowest BCUT2D eigenvalue weighted by atomic mass is 9.91. The van der Waals surface area contributed by atoms with Gasteiger partial charge in [0.2, 0.25) is 6.33 Å². The van der Waals surface area contributed by atoms with Gasteiger partial charge in [-0.1, -0.05) is 36.4 Å². The van der Waals surface area contributed by atoms with E-state index in [2.05, 4.69) is 11.6 Å². The number of halogens is 1. The van der Waals surface area contributed by atoms with Gasteiger partial charge in [-0.25, -0.2) is 4.57 Å². The molecule has 0 aliphatic carbocycles. The molecular weight excluding hydrogens is 260 g/mol. The summed E-state index contributed by atoms with van der Waals surface area (Å²) in [4.78, 5) is 2.98. The van der Waals surface area contributed by atoms with E-state index in [-0.39, 0.29) is 12.4 Å². The number of benzene rings is 1. The molecule has 0 saturated carbocycles. The molecule has 0 radical (unpaired) electrons. The van der Waals surface area contributed by atoms with E-state index in [4.69, 9.17) is 0 Å². The summed E-state index contributed by atoms with van der Waals surface area (Å²) in [7, 11) is 0. The number of aliphatic hydroxyl groups is 1. The number of H-pyrrole nitrogens is 1. The van der Waals surface area contributed by atoms with Gasteiger partial charge in [-0.3, -0.25) is 4.98 Å². The predicted molar refractivity (Wildman–Crippen MR) is 70.9 cm³/mol. The SMILES string of the molecule is C=CCC(O)(Cc1ccccc1)C[n+]1cc[nH]c1.[Cl-]. The molecule has 1 unspecified atom stereocenters. The molecular formula is C15H19ClN2O. The second kappa shape index (κ2) is 7.12. The van der Waals surface area contributed by atoms with Crippen molar-refractivity contribution in [2.24, 2.45) is 0 Å². The van der Waals surface area contributed by atoms with E-state index in [0.29, 0.717) is 19.4 Å². The topological polar surface area (TPSA) is 39.9 Å². The summed E-state index contributed by atoms with van der Waals surface area (Å²) < 4.78 is 1.95. The quantitative estimate of drug-likeness (QED) is 0.509. The van der Waals surface area contributed by atoms with Crippen LogP contribution < -0.4 is 17.0 Å². The van der Waals surface area contributed by atoms with Crippen molar-refractivity contribution in [3.8, 4) is 0 Å². The molecule has 102 valence electrons. The minimum Gasteiger partial charge on any atom is -1.00 e. The molecule has 0 fully saturated rings. The Bertz CT molecular complexity index is 484. The van der Waals surface area contributed by atoms with Gasteiger partial charge >= 0.3 is 0 Å². The molecule has 2 rings (SSSR count). The number of hydrogen-bond donors (Lipinski definition) is 2. The van der Waals surface area contributed by atoms with Crippen LogP contribution in [0.4, 0.5) is 0 Å². The van der Waals surface area contributed by atoms with Gasteiger partial charge in [-0.05, 0) is 12.0 Å². The van der Waals surface area contributed by atoms with Gasteiger partial charge in [-0.2, -0.15) is 0 Å². The highest BCUT2D eigenvalue weighted by atomic mass is 35.5. The molecule has 1 heterocycles. The van der Waals surface area contributed by atoms with E-state index >= 15 is 0 Å². The van der Waals surface area contributed by atoms with Gasteiger partial charge in [0.25, 0.3) is 0 Å². The molecule has 0 aliphatic rings. The van der Waals surface area contributed by atoms with Crippen molar-refractivity contribution in [2.75, 3.05) is 0 Å². The third-order valence-electron chi connectivity index (χ3n) is 2.98. The summed E-state index contributed by atoms with van der Waals surface area (Å²) in [6, 6.07) is 10.0. The molecule has 1 atom stereocenters. The van der Waals surface area contributed by atoms with Gasteiger partial charge in [0.1, 0.15) is 24.5 Å². The highest BCUT2D eigenvalue weighted by Crippen LogP contribution is 2.18. The average molecular weight is 279 g/mol. The monoisotopic (exact) mass is 278 g/mol. The Morgan fingerprint density at radius 2 is 2.05 bits per heavy atom. The third-order valence-corrected chi connectivity index (χ3v) is 2.98. The van der Waals surface area contributed by atoms with Crippen LogP contribution >= 0.6 is 0 Å². The number of rotatable bonds is 6. The second-order valence-corrected chi connectivity index (χ2v) is 4.66. The van der Waals surface area contributed by atoms with E-state index in [1.54, 1.807) is 6.08 Å². The average Bonchev–Trinajstić information content (AvgIpc) is 2.82. The van der Waals surface area contributed by atoms with E-state index in [9.17, 15) is 5.11 Å². The molecule has 0 spiro atoms. The van der Waals surface area contributed by atoms with Crippen molar-refractivity contribution in [1.82, 2.24) is 4.98 Å². The Kier molecular flexibility index (Phi) is 5.80. The largest absolute Gasteiger partial charge is 1.00 e. The molecule has 2 aromatic rings. The van der Waals surface area contributed by atoms with Gasteiger partial charge < -0.3 is 17.5 Å². The molecule has 2 N–H and O–H groups in total. The number of aromatic nitrogens is 2. The zero-order chi connectivity index (χ0) is 12.8. The first-order valence-electron chi connectivity index (χ1n) is 6.11. The standard InChI is InChI=1S/C15H18N2O.ClH/c1-2-8-15(18,12-17-10-9-16-13-17)11-14-6-4-3-5-7-14;/h2-7,9-10,13,18H,1,8,11-12H2;1H. The Balaban J connectivity index is 0.00000180. The highest BCUT2D eigenvalue weighted by Gasteiger charge is 2.28. The fourth-order valence-corrected chi connectivity index (χ4v) is 2.20. The van der Waals surface area contributed by atoms with Gasteiger partial charge in [-0.15, -0.1) is 6.58 Å². The number of nitrogens with zero attached hydrogens (tertiary/aromatic N) is 1. The first kappa shape index (κ1) is 15.5. The maximum absolute atomic E-state index is 10.7. The minimum absolute atomic E-state index is 0. The van der Waals surface area contributed by atoms with Crippen molar-refractivity contribution in [1.29, 1.82) is 0 Å². The van der Waals surface area contributed by atoms with Crippen LogP contribution in [0.25, 0.3) is 0 Å². The second-order valence-electron chi connectivity index (χ2n) is 4.66. The fourth-order valence-electron chi connectivity index (χ4n) is 2.20. The summed E-state index contributed by atoms with van der Waals surface area (Å²) >= 11 is 0. The summed E-state index contributed by atoms with van der Waals surface area (Å²) in [5.74, 6) is 0. The van der Waals surface area contributed by atoms with E-state index in [1.165, 1.54) is 0 Å². The number of aromatic amines is 1. The molecule has 0 saturated heterocycles. The number of nitrogens with one attached hydrogen (secondary N) is 1. The Labute approximate surface area is 120 Å². The zero-order valence-corrected chi connectivity index (χ0v) is 11.6. The van der Waals surface area contributed by atoms with Gasteiger partial charge in [0.05, 0.1) is 0 Å². The summed E-state index contributed by atoms with van der Waals surface area (Å²) in [6.45, 7) is 4.29. The molecule has 1 aromatic carbocycles. The minimum atomic E-state index is -0.796. The highest BCUT2D eigenvalue weighted by molar-refractivity contribution is 5.17. The van der Waals surface area contributed by atoms with Crippen molar-refractivity contribution in [3.63, 3.8) is 0 Å². The first-order valence-corrected chi connectivity index (χ1v) is 6.11. The van der Waals surface area contributed by atoms with Crippen LogP contribution in [0.5, 0.6) is 0 Å². The lowest BCUT2D eigenvalue weighted by Crippen LogP contribution is -3.00. The summed E-state index contributed by atoms with van der Waals surface area (Å²) in [5.41, 5.74) is 0.341. The van der Waals surface area contributed by atoms with Crippen LogP contribution in [-0.2, 0) is 13.0 Å². The van der Waals surface area contributed by atoms with Crippen molar-refractivity contribution >= 4 is 0 Å². The Morgan fingerprint density at radius 3 is 2.63 bits per heavy atom. The predicted octanol–water partition coefficient (Wildman–Crippen LogP) is -1.14. The van der Waals surface area contributed by atoms with Crippen LogP contribution in [0, 0.1) is 0 Å². The van der Waals surface area contributed by atoms with Crippen molar-refractivity contribution in [2.45, 2.75) is 25.0 Å². The third kappa shape index (κ3) is 4.54. The Hall–Kier alpha value is -1.58. The number of imidazole rings is 1. The molecule has 0 amide bonds. The van der Waals surface area contributed by atoms with E-state index < -0.39 is 5.60 Å². The Morgan fingerprint density at radius 1 is 1.32 bits per heavy atom. The normalized spacial score (nSPS) is 13.3. The van der Waals surface area contributed by atoms with Crippen LogP contribution in [0.1, 0.15) is 12.0 Å². The molecule has 3 nitrogen and oxygen atoms in total. The maximum atomic E-state index is 10.7. The smallest absolute Gasteiger partial charge is 0.241 e. The summed E-state index contributed by atoms with van der Waals surface area (Å²) in [6.07, 6.45) is 8.57. The molecule has 0 bridgehead atoms. The number of hydrogen-bond acceptors (Lipinski definition) is 1. The zero-order valence-electron chi connectivity index (χ0n) is 10.8. The molecule has 0 aliphatic heterocycles. The van der Waals surface area contributed by atoms with Crippen LogP contribution in [0.15, 0.2) is 61.7 Å². The van der Waals surface area contributed by atoms with Crippen LogP contribution in [-0.4, -0.2) is 15.7 Å². The first-order chi connectivity index (χ1) is 8.72. The van der Waals surface area contributed by atoms with E-state index in [0.717, 1.165) is 5.56 Å². The van der Waals surface area contributed by atoms with E-state index in [1.807, 2.05) is 53.6 Å². The van der Waals surface area contributed by atoms with Gasteiger partial charge in [0, 0.05) is 6.42 Å². The fraction of sp³-hybridized carbons (Fsp3) is 0.267. The van der Waals surface area contributed by atoms with Crippen molar-refractivity contribution < 1.29 is 22.1 Å². The lowest BCUT2D eigenvalue weighted by molar-refractivity contribution is -0.709. The summed E-state index contributed by atoms with van der Waals surface area (Å²) in [5, 5.41) is 10.7. The lowest BCUT2D eigenvalue weighted by Gasteiger charge is -2.25. The van der Waals surface area contributed by atoms with Crippen LogP contribution in [0.3, 0.4) is 0 Å². The molecule has 4 heteroatoms. The maximum Gasteiger partial charge on any atom is 0.241 e.